The van der Waals surface area contributed by atoms with Gasteiger partial charge >= 0.3 is 0 Å². The van der Waals surface area contributed by atoms with E-state index < -0.39 is 130 Å². The second kappa shape index (κ2) is 21.8. The predicted octanol–water partition coefficient (Wildman–Crippen LogP) is 17.6. The maximum absolute atomic E-state index is 17.4. The Labute approximate surface area is 589 Å². The van der Waals surface area contributed by atoms with Gasteiger partial charge in [-0.15, -0.1) is 22.7 Å². The van der Waals surface area contributed by atoms with Crippen molar-refractivity contribution in [3.63, 3.8) is 0 Å². The summed E-state index contributed by atoms with van der Waals surface area (Å²) >= 11 is 1.81. The van der Waals surface area contributed by atoms with Gasteiger partial charge < -0.3 is 29.2 Å². The van der Waals surface area contributed by atoms with Gasteiger partial charge in [0.05, 0.1) is 22.1 Å². The highest BCUT2D eigenvalue weighted by Crippen LogP contribution is 2.55. The average molecular weight is 1440 g/mol. The molecule has 0 aliphatic carbocycles. The van der Waals surface area contributed by atoms with E-state index in [1.165, 1.54) is 42.7 Å². The summed E-state index contributed by atoms with van der Waals surface area (Å²) in [4.78, 5) is 6.34. The van der Waals surface area contributed by atoms with E-state index in [-0.39, 0.29) is 136 Å². The van der Waals surface area contributed by atoms with Crippen LogP contribution in [0, 0.1) is 102 Å². The molecule has 104 heavy (non-hydrogen) atoms. The Morgan fingerprint density at radius 1 is 0.269 bits per heavy atom. The Kier molecular flexibility index (Phi) is 13.1. The summed E-state index contributed by atoms with van der Waals surface area (Å²) in [6.45, 7) is 1.37. The zero-order valence-corrected chi connectivity index (χ0v) is 55.4. The Bertz CT molecular complexity index is 6230. The van der Waals surface area contributed by atoms with E-state index >= 15 is 61.5 Å². The number of nitrogens with zero attached hydrogens (tertiary/aromatic N) is 5. The van der Waals surface area contributed by atoms with Crippen LogP contribution in [0.4, 0.5) is 147 Å². The number of rotatable bonds is 5. The number of anilines is 15. The van der Waals surface area contributed by atoms with Gasteiger partial charge in [-0.25, -0.2) is 61.5 Å². The molecule has 0 N–H and O–H groups in total. The highest BCUT2D eigenvalue weighted by Gasteiger charge is 2.54. The van der Waals surface area contributed by atoms with E-state index in [0.29, 0.717) is 28.8 Å². The lowest BCUT2D eigenvalue weighted by Crippen LogP contribution is -2.65. The molecule has 0 saturated heterocycles. The van der Waals surface area contributed by atoms with Gasteiger partial charge in [0.2, 0.25) is 0 Å². The molecule has 504 valence electrons. The monoisotopic (exact) mass is 1440 g/mol. The Balaban J connectivity index is 0.931. The minimum Gasteiger partial charge on any atom is -0.458 e. The van der Waals surface area contributed by atoms with Crippen LogP contribution in [0.2, 0.25) is 0 Å². The molecule has 0 saturated carbocycles. The van der Waals surface area contributed by atoms with Crippen molar-refractivity contribution in [3.05, 3.63) is 274 Å². The van der Waals surface area contributed by atoms with Gasteiger partial charge in [0.25, 0.3) is 20.1 Å². The van der Waals surface area contributed by atoms with Crippen molar-refractivity contribution in [1.29, 1.82) is 0 Å². The lowest BCUT2D eigenvalue weighted by Gasteiger charge is -2.46. The Hall–Kier alpha value is -11.4. The van der Waals surface area contributed by atoms with Gasteiger partial charge in [-0.2, -0.15) is 0 Å². The first-order valence-corrected chi connectivity index (χ1v) is 34.3. The third-order valence-corrected chi connectivity index (χ3v) is 23.0. The molecular formula is C79H38B3F14N5OS2. The predicted molar refractivity (Wildman–Crippen MR) is 385 cm³/mol. The number of benzene rings is 12. The number of hydrogen-bond donors (Lipinski definition) is 0. The zero-order chi connectivity index (χ0) is 71.4. The minimum atomic E-state index is -1.24. The molecule has 0 spiro atoms. The van der Waals surface area contributed by atoms with Gasteiger partial charge in [0.1, 0.15) is 121 Å². The quantitative estimate of drug-likeness (QED) is 0.126. The molecular weight excluding hydrogens is 1400 g/mol. The van der Waals surface area contributed by atoms with Gasteiger partial charge in [-0.3, -0.25) is 0 Å². The number of para-hydroxylation sites is 5. The largest absolute Gasteiger partial charge is 0.458 e. The number of fused-ring (bicyclic) bond motifs is 16. The summed E-state index contributed by atoms with van der Waals surface area (Å²) in [5.74, 6) is -14.7. The number of hydrogen-bond acceptors (Lipinski definition) is 8. The maximum Gasteiger partial charge on any atom is 0.264 e. The van der Waals surface area contributed by atoms with E-state index in [9.17, 15) is 0 Å². The molecule has 8 heterocycles. The van der Waals surface area contributed by atoms with Crippen LogP contribution >= 0.6 is 22.7 Å². The molecule has 0 unspecified atom stereocenters. The molecule has 20 rings (SSSR count). The highest BCUT2D eigenvalue weighted by molar-refractivity contribution is 7.34. The molecule has 0 atom stereocenters. The molecule has 25 heteroatoms. The zero-order valence-electron chi connectivity index (χ0n) is 53.7. The normalized spacial score (nSPS) is 13.9. The second-order valence-electron chi connectivity index (χ2n) is 26.6. The molecule has 14 aromatic rings. The molecule has 2 aromatic heterocycles. The third-order valence-electron chi connectivity index (χ3n) is 20.6. The van der Waals surface area contributed by atoms with Crippen LogP contribution < -0.4 is 77.0 Å². The fraction of sp³-hybridized carbons (Fsp3) is 0.0380. The van der Waals surface area contributed by atoms with Crippen molar-refractivity contribution in [2.24, 2.45) is 0 Å². The fourth-order valence-electron chi connectivity index (χ4n) is 16.9. The number of ether oxygens (including phenoxy) is 1. The average Bonchev–Trinajstić information content (AvgIpc) is 1.16. The summed E-state index contributed by atoms with van der Waals surface area (Å²) in [7, 11) is 0. The summed E-state index contributed by atoms with van der Waals surface area (Å²) in [5, 5.41) is -0.441. The fourth-order valence-corrected chi connectivity index (χ4v) is 19.6. The number of halogens is 14. The van der Waals surface area contributed by atoms with Crippen LogP contribution in [0.25, 0.3) is 20.2 Å². The van der Waals surface area contributed by atoms with Gasteiger partial charge in [0, 0.05) is 82.7 Å². The molecule has 0 amide bonds. The second-order valence-corrected chi connectivity index (χ2v) is 28.8. The summed E-state index contributed by atoms with van der Waals surface area (Å²) < 4.78 is 245. The molecule has 6 nitrogen and oxygen atoms in total. The molecule has 6 aliphatic rings. The van der Waals surface area contributed by atoms with E-state index in [0.717, 1.165) is 114 Å². The Morgan fingerprint density at radius 3 is 0.952 bits per heavy atom. The summed E-state index contributed by atoms with van der Waals surface area (Å²) in [5.41, 5.74) is -0.117. The smallest absolute Gasteiger partial charge is 0.264 e. The standard InChI is InChI=1S/C79H38B3F14N5OS2/c1-33-19-57-68-59(21-33)100(74-48(91)15-7-16-49(74)92)76-66-52(95)25-36(83)27-64(66)103-78(76)81(68)39-29-38-54(31-55(39)97(57)71-42(85)9-4-10-43(71)86)98(72-44(87)11-5-12-45(72)88)61-23-35(3)24-63-70(61)80(38)41-30-40-56(32-62(41)102-63)99(73-46(89)13-6-14-47(73)90)58-20-34(2)22-60-69(58)82(40)79-77(67-53(96)26-37(84)28-65(67)104-79)101(60)75-50(93)17-8-18-51(75)94/h4-32H,1-3H3. The van der Waals surface area contributed by atoms with Crippen molar-refractivity contribution in [3.8, 4) is 11.5 Å². The van der Waals surface area contributed by atoms with E-state index in [1.54, 1.807) is 75.4 Å². The number of aryl methyl sites for hydroxylation is 3. The van der Waals surface area contributed by atoms with E-state index in [2.05, 4.69) is 0 Å². The maximum atomic E-state index is 17.4. The molecule has 0 fully saturated rings. The first kappa shape index (κ1) is 62.4. The molecule has 12 aromatic carbocycles. The first-order chi connectivity index (χ1) is 50.1. The summed E-state index contributed by atoms with van der Waals surface area (Å²) in [6.07, 6.45) is 0. The van der Waals surface area contributed by atoms with Crippen LogP contribution in [-0.4, -0.2) is 20.1 Å². The third kappa shape index (κ3) is 8.38. The lowest BCUT2D eigenvalue weighted by atomic mass is 9.30. The number of thiophene rings is 2. The van der Waals surface area contributed by atoms with Crippen molar-refractivity contribution < 1.29 is 66.2 Å². The lowest BCUT2D eigenvalue weighted by molar-refractivity contribution is 0.487. The molecule has 6 aliphatic heterocycles. The van der Waals surface area contributed by atoms with Crippen molar-refractivity contribution in [1.82, 2.24) is 0 Å². The topological polar surface area (TPSA) is 25.4 Å². The van der Waals surface area contributed by atoms with Crippen molar-refractivity contribution >= 4 is 196 Å². The SMILES string of the molecule is Cc1cc2c3c(c1)N(c1c(F)cccc1F)c1cc4c(cc1B3c1cc3c(cc1O2)N(c1c(F)cccc1F)c1cc(C)cc2c1B3c1sc3cc(F)cc(F)c3c1N2c1c(F)cccc1F)B1c2sc3cc(F)cc(F)c3c2N(c2c(F)cccc2F)c2cc(C)cc(c21)N4c1c(F)cccc1F. The first-order valence-electron chi connectivity index (χ1n) is 32.6. The van der Waals surface area contributed by atoms with E-state index in [1.807, 2.05) is 0 Å². The highest BCUT2D eigenvalue weighted by atomic mass is 32.1. The molecule has 0 bridgehead atoms. The van der Waals surface area contributed by atoms with Gasteiger partial charge in [-0.05, 0) is 191 Å². The van der Waals surface area contributed by atoms with Crippen LogP contribution in [-0.2, 0) is 0 Å². The van der Waals surface area contributed by atoms with Gasteiger partial charge in [0.15, 0.2) is 0 Å². The van der Waals surface area contributed by atoms with E-state index in [4.69, 9.17) is 4.74 Å². The Morgan fingerprint density at radius 2 is 0.577 bits per heavy atom. The van der Waals surface area contributed by atoms with Crippen molar-refractivity contribution in [2.45, 2.75) is 20.8 Å². The van der Waals surface area contributed by atoms with Gasteiger partial charge in [-0.1, -0.05) is 42.5 Å². The van der Waals surface area contributed by atoms with Crippen molar-refractivity contribution in [2.75, 3.05) is 24.5 Å². The minimum absolute atomic E-state index is 0.00339. The van der Waals surface area contributed by atoms with Crippen LogP contribution in [0.1, 0.15) is 16.7 Å². The summed E-state index contributed by atoms with van der Waals surface area (Å²) in [6, 6.07) is 35.8. The van der Waals surface area contributed by atoms with Crippen LogP contribution in [0.15, 0.2) is 176 Å². The van der Waals surface area contributed by atoms with Crippen LogP contribution in [0.3, 0.4) is 0 Å². The molecule has 0 radical (unpaired) electrons. The van der Waals surface area contributed by atoms with Crippen LogP contribution in [0.5, 0.6) is 11.5 Å².